The Bertz CT molecular complexity index is 1420. The zero-order valence-corrected chi connectivity index (χ0v) is 25.0. The third kappa shape index (κ3) is 6.64. The van der Waals surface area contributed by atoms with Gasteiger partial charge in [-0.15, -0.1) is 0 Å². The number of benzene rings is 5. The van der Waals surface area contributed by atoms with Crippen LogP contribution in [0.3, 0.4) is 0 Å². The quantitative estimate of drug-likeness (QED) is 0.157. The minimum atomic E-state index is -0.997. The fourth-order valence-electron chi connectivity index (χ4n) is 6.71. The summed E-state index contributed by atoms with van der Waals surface area (Å²) >= 11 is 0. The van der Waals surface area contributed by atoms with E-state index in [1.165, 1.54) is 5.56 Å². The van der Waals surface area contributed by atoms with Gasteiger partial charge in [-0.05, 0) is 41.9 Å². The molecule has 3 N–H and O–H groups in total. The van der Waals surface area contributed by atoms with Crippen LogP contribution in [0.2, 0.25) is 0 Å². The highest BCUT2D eigenvalue weighted by molar-refractivity contribution is 5.46. The molecule has 0 aliphatic rings. The fraction of sp³-hybridized carbons (Fsp3) is 0.231. The summed E-state index contributed by atoms with van der Waals surface area (Å²) in [4.78, 5) is 2.16. The van der Waals surface area contributed by atoms with Crippen LogP contribution in [0.5, 0.6) is 0 Å². The first-order valence-corrected chi connectivity index (χ1v) is 15.0. The molecule has 43 heavy (non-hydrogen) atoms. The van der Waals surface area contributed by atoms with Crippen molar-refractivity contribution in [1.82, 2.24) is 10.2 Å². The van der Waals surface area contributed by atoms with Gasteiger partial charge in [0, 0.05) is 25.0 Å². The molecule has 0 radical (unpaired) electrons. The number of hydrogen-bond acceptors (Lipinski definition) is 4. The Hall–Kier alpha value is -4.06. The van der Waals surface area contributed by atoms with Crippen molar-refractivity contribution >= 4 is 0 Å². The molecular formula is C39H42N2O2. The predicted molar refractivity (Wildman–Crippen MR) is 176 cm³/mol. The lowest BCUT2D eigenvalue weighted by molar-refractivity contribution is 0.00442. The van der Waals surface area contributed by atoms with Crippen molar-refractivity contribution in [3.63, 3.8) is 0 Å². The van der Waals surface area contributed by atoms with Crippen molar-refractivity contribution in [2.45, 2.75) is 36.1 Å². The summed E-state index contributed by atoms with van der Waals surface area (Å²) in [5.74, 6) is -0.333. The van der Waals surface area contributed by atoms with Crippen LogP contribution >= 0.6 is 0 Å². The molecule has 0 bridgehead atoms. The summed E-state index contributed by atoms with van der Waals surface area (Å²) in [6, 6.07) is 50.4. The number of nitrogens with zero attached hydrogens (tertiary/aromatic N) is 1. The molecular weight excluding hydrogens is 528 g/mol. The number of likely N-dealkylation sites (N-methyl/N-ethyl adjacent to an activating group) is 2. The van der Waals surface area contributed by atoms with Crippen LogP contribution in [0, 0.1) is 0 Å². The lowest BCUT2D eigenvalue weighted by Crippen LogP contribution is -2.63. The van der Waals surface area contributed by atoms with Gasteiger partial charge in [0.15, 0.2) is 0 Å². The Morgan fingerprint density at radius 2 is 1.00 bits per heavy atom. The van der Waals surface area contributed by atoms with Crippen LogP contribution < -0.4 is 5.32 Å². The highest BCUT2D eigenvalue weighted by atomic mass is 16.3. The first-order valence-electron chi connectivity index (χ1n) is 15.0. The third-order valence-corrected chi connectivity index (χ3v) is 8.61. The van der Waals surface area contributed by atoms with E-state index < -0.39 is 23.7 Å². The van der Waals surface area contributed by atoms with Crippen molar-refractivity contribution < 1.29 is 10.2 Å². The summed E-state index contributed by atoms with van der Waals surface area (Å²) in [5.41, 5.74) is 4.11. The molecule has 0 amide bonds. The van der Waals surface area contributed by atoms with E-state index in [4.69, 9.17) is 0 Å². The van der Waals surface area contributed by atoms with Crippen LogP contribution in [0.15, 0.2) is 152 Å². The molecule has 0 heterocycles. The molecule has 0 saturated carbocycles. The summed E-state index contributed by atoms with van der Waals surface area (Å²) in [5, 5.41) is 28.8. The molecule has 5 aromatic rings. The van der Waals surface area contributed by atoms with Gasteiger partial charge < -0.3 is 15.5 Å². The minimum absolute atomic E-state index is 0.333. The lowest BCUT2D eigenvalue weighted by atomic mass is 9.61. The first-order chi connectivity index (χ1) is 21.1. The standard InChI is InChI=1S/C39H42N2O2/c1-40-38(37(43)36(31-20-10-4-11-21-31)32-22-12-5-13-23-32)39(33-24-14-6-15-25-33,34-26-16-7-17-27-34)35(42)29-41(2)28-30-18-8-3-9-19-30/h3-27,35-38,40,42-43H,28-29H2,1-2H3. The molecule has 0 saturated heterocycles. The molecule has 5 aromatic carbocycles. The first kappa shape index (κ1) is 30.4. The Labute approximate surface area is 256 Å². The van der Waals surface area contributed by atoms with Gasteiger partial charge in [-0.2, -0.15) is 0 Å². The van der Waals surface area contributed by atoms with Crippen LogP contribution in [0.25, 0.3) is 0 Å². The number of aliphatic hydroxyl groups is 2. The monoisotopic (exact) mass is 570 g/mol. The second kappa shape index (κ2) is 14.4. The summed E-state index contributed by atoms with van der Waals surface area (Å²) in [7, 11) is 3.93. The van der Waals surface area contributed by atoms with E-state index in [0.29, 0.717) is 13.1 Å². The van der Waals surface area contributed by atoms with Gasteiger partial charge in [0.05, 0.1) is 17.6 Å². The summed E-state index contributed by atoms with van der Waals surface area (Å²) in [6.07, 6.45) is -1.77. The van der Waals surface area contributed by atoms with E-state index >= 15 is 0 Å². The maximum Gasteiger partial charge on any atom is 0.0820 e. The van der Waals surface area contributed by atoms with Crippen LogP contribution in [-0.2, 0) is 12.0 Å². The molecule has 5 rings (SSSR count). The number of rotatable bonds is 13. The predicted octanol–water partition coefficient (Wildman–Crippen LogP) is 6.25. The number of nitrogens with one attached hydrogen (secondary N) is 1. The minimum Gasteiger partial charge on any atom is -0.390 e. The summed E-state index contributed by atoms with van der Waals surface area (Å²) < 4.78 is 0. The van der Waals surface area contributed by atoms with E-state index in [1.54, 1.807) is 0 Å². The van der Waals surface area contributed by atoms with E-state index in [0.717, 1.165) is 22.3 Å². The SMILES string of the molecule is CNC(C(O)C(c1ccccc1)c1ccccc1)C(c1ccccc1)(c1ccccc1)C(O)CN(C)Cc1ccccc1. The van der Waals surface area contributed by atoms with E-state index in [2.05, 4.69) is 70.9 Å². The zero-order chi connectivity index (χ0) is 30.1. The highest BCUT2D eigenvalue weighted by Crippen LogP contribution is 2.44. The van der Waals surface area contributed by atoms with Crippen molar-refractivity contribution in [3.8, 4) is 0 Å². The van der Waals surface area contributed by atoms with Crippen LogP contribution in [0.1, 0.15) is 33.7 Å². The largest absolute Gasteiger partial charge is 0.390 e. The second-order valence-electron chi connectivity index (χ2n) is 11.4. The Morgan fingerprint density at radius 3 is 1.42 bits per heavy atom. The summed E-state index contributed by atoms with van der Waals surface area (Å²) in [6.45, 7) is 1.09. The molecule has 0 aromatic heterocycles. The normalized spacial score (nSPS) is 14.0. The Balaban J connectivity index is 1.67. The maximum atomic E-state index is 12.7. The van der Waals surface area contributed by atoms with E-state index in [1.807, 2.05) is 105 Å². The average molecular weight is 571 g/mol. The molecule has 4 nitrogen and oxygen atoms in total. The number of aliphatic hydroxyl groups excluding tert-OH is 2. The van der Waals surface area contributed by atoms with Gasteiger partial charge in [0.25, 0.3) is 0 Å². The van der Waals surface area contributed by atoms with E-state index in [9.17, 15) is 10.2 Å². The highest BCUT2D eigenvalue weighted by Gasteiger charge is 2.52. The average Bonchev–Trinajstić information content (AvgIpc) is 3.06. The van der Waals surface area contributed by atoms with Crippen molar-refractivity contribution in [2.24, 2.45) is 0 Å². The van der Waals surface area contributed by atoms with Gasteiger partial charge in [-0.25, -0.2) is 0 Å². The molecule has 0 spiro atoms. The van der Waals surface area contributed by atoms with Crippen molar-refractivity contribution in [2.75, 3.05) is 20.6 Å². The van der Waals surface area contributed by atoms with Crippen molar-refractivity contribution in [3.05, 3.63) is 179 Å². The second-order valence-corrected chi connectivity index (χ2v) is 11.4. The fourth-order valence-corrected chi connectivity index (χ4v) is 6.71. The van der Waals surface area contributed by atoms with Gasteiger partial charge in [0.1, 0.15) is 0 Å². The molecule has 0 aliphatic heterocycles. The van der Waals surface area contributed by atoms with Gasteiger partial charge in [-0.3, -0.25) is 4.90 Å². The van der Waals surface area contributed by atoms with Crippen LogP contribution in [-0.4, -0.2) is 54.0 Å². The molecule has 220 valence electrons. The van der Waals surface area contributed by atoms with Crippen LogP contribution in [0.4, 0.5) is 0 Å². The third-order valence-electron chi connectivity index (χ3n) is 8.61. The topological polar surface area (TPSA) is 55.7 Å². The zero-order valence-electron chi connectivity index (χ0n) is 25.0. The molecule has 3 unspecified atom stereocenters. The molecule has 3 atom stereocenters. The maximum absolute atomic E-state index is 12.7. The van der Waals surface area contributed by atoms with E-state index in [-0.39, 0.29) is 5.92 Å². The Morgan fingerprint density at radius 1 is 0.605 bits per heavy atom. The molecule has 4 heteroatoms. The van der Waals surface area contributed by atoms with Gasteiger partial charge in [0.2, 0.25) is 0 Å². The van der Waals surface area contributed by atoms with Gasteiger partial charge in [-0.1, -0.05) is 152 Å². The Kier molecular flexibility index (Phi) is 10.2. The molecule has 0 aliphatic carbocycles. The smallest absolute Gasteiger partial charge is 0.0820 e. The lowest BCUT2D eigenvalue weighted by Gasteiger charge is -2.49. The van der Waals surface area contributed by atoms with Gasteiger partial charge >= 0.3 is 0 Å². The van der Waals surface area contributed by atoms with Crippen molar-refractivity contribution in [1.29, 1.82) is 0 Å². The molecule has 0 fully saturated rings. The number of hydrogen-bond donors (Lipinski definition) is 3.